The Morgan fingerprint density at radius 1 is 0.349 bits per heavy atom. The maximum atomic E-state index is 6.45. The molecule has 0 amide bonds. The highest BCUT2D eigenvalue weighted by Crippen LogP contribution is 2.44. The highest BCUT2D eigenvalue weighted by atomic mass is 16.3. The Kier molecular flexibility index (Phi) is 6.20. The molecule has 0 unspecified atom stereocenters. The topological polar surface area (TPSA) is 13.1 Å². The molecule has 1 heterocycles. The van der Waals surface area contributed by atoms with Crippen molar-refractivity contribution in [3.63, 3.8) is 0 Å². The summed E-state index contributed by atoms with van der Waals surface area (Å²) in [4.78, 5) is 0. The van der Waals surface area contributed by atoms with E-state index in [9.17, 15) is 0 Å². The van der Waals surface area contributed by atoms with E-state index in [4.69, 9.17) is 4.42 Å². The Hall–Kier alpha value is -5.66. The molecule has 8 aromatic carbocycles. The summed E-state index contributed by atoms with van der Waals surface area (Å²) in [6.45, 7) is 0. The number of benzene rings is 8. The van der Waals surface area contributed by atoms with Crippen LogP contribution >= 0.6 is 0 Å². The Balaban J connectivity index is 0.000000195. The molecule has 1 heteroatoms. The minimum atomic E-state index is 0.931. The Morgan fingerprint density at radius 3 is 1.51 bits per heavy atom. The molecule has 0 bridgehead atoms. The van der Waals surface area contributed by atoms with Gasteiger partial charge in [-0.3, -0.25) is 0 Å². The number of rotatable bonds is 2. The van der Waals surface area contributed by atoms with Crippen molar-refractivity contribution < 1.29 is 4.42 Å². The van der Waals surface area contributed by atoms with Crippen molar-refractivity contribution in [1.29, 1.82) is 0 Å². The molecule has 0 saturated carbocycles. The summed E-state index contributed by atoms with van der Waals surface area (Å²) in [7, 11) is 0. The van der Waals surface area contributed by atoms with Crippen molar-refractivity contribution in [2.24, 2.45) is 0 Å². The van der Waals surface area contributed by atoms with Gasteiger partial charge in [0.15, 0.2) is 0 Å². The van der Waals surface area contributed by atoms with Crippen LogP contribution < -0.4 is 0 Å². The van der Waals surface area contributed by atoms with E-state index in [2.05, 4.69) is 158 Å². The van der Waals surface area contributed by atoms with E-state index in [1.807, 2.05) is 12.1 Å². The number of hydrogen-bond donors (Lipinski definition) is 0. The summed E-state index contributed by atoms with van der Waals surface area (Å²) >= 11 is 0. The molecule has 0 aliphatic carbocycles. The van der Waals surface area contributed by atoms with Gasteiger partial charge in [-0.2, -0.15) is 0 Å². The fraction of sp³-hybridized carbons (Fsp3) is 0. The van der Waals surface area contributed by atoms with Gasteiger partial charge in [0.05, 0.1) is 0 Å². The van der Waals surface area contributed by atoms with E-state index in [0.29, 0.717) is 0 Å². The van der Waals surface area contributed by atoms with Gasteiger partial charge in [-0.05, 0) is 67.4 Å². The molecule has 0 atom stereocenters. The first kappa shape index (κ1) is 25.1. The second-order valence-corrected chi connectivity index (χ2v) is 10.9. The smallest absolute Gasteiger partial charge is 0.143 e. The zero-order chi connectivity index (χ0) is 28.6. The summed E-state index contributed by atoms with van der Waals surface area (Å²) in [6, 6.07) is 59.7. The first-order chi connectivity index (χ1) is 21.3. The van der Waals surface area contributed by atoms with Gasteiger partial charge in [0, 0.05) is 16.2 Å². The lowest BCUT2D eigenvalue weighted by molar-refractivity contribution is 0.673. The lowest BCUT2D eigenvalue weighted by atomic mass is 9.90. The molecule has 0 spiro atoms. The zero-order valence-corrected chi connectivity index (χ0v) is 23.6. The predicted octanol–water partition coefficient (Wildman–Crippen LogP) is 12.1. The predicted molar refractivity (Wildman–Crippen MR) is 184 cm³/mol. The van der Waals surface area contributed by atoms with E-state index in [0.717, 1.165) is 16.6 Å². The second kappa shape index (κ2) is 10.6. The molecule has 0 aliphatic heterocycles. The maximum Gasteiger partial charge on any atom is 0.143 e. The monoisotopic (exact) mass is 548 g/mol. The Bertz CT molecular complexity index is 2290. The van der Waals surface area contributed by atoms with Gasteiger partial charge >= 0.3 is 0 Å². The van der Waals surface area contributed by atoms with Crippen molar-refractivity contribution in [2.75, 3.05) is 0 Å². The van der Waals surface area contributed by atoms with Gasteiger partial charge in [-0.25, -0.2) is 0 Å². The van der Waals surface area contributed by atoms with Gasteiger partial charge in [-0.1, -0.05) is 152 Å². The molecule has 0 N–H and O–H groups in total. The van der Waals surface area contributed by atoms with Gasteiger partial charge in [0.2, 0.25) is 0 Å². The van der Waals surface area contributed by atoms with Crippen molar-refractivity contribution in [3.05, 3.63) is 170 Å². The minimum absolute atomic E-state index is 0.931. The van der Waals surface area contributed by atoms with Crippen LogP contribution in [0, 0.1) is 0 Å². The highest BCUT2D eigenvalue weighted by Gasteiger charge is 2.17. The summed E-state index contributed by atoms with van der Waals surface area (Å²) in [5, 5.41) is 9.76. The van der Waals surface area contributed by atoms with E-state index < -0.39 is 0 Å². The van der Waals surface area contributed by atoms with Crippen LogP contribution in [0.15, 0.2) is 174 Å². The second-order valence-electron chi connectivity index (χ2n) is 10.9. The lowest BCUT2D eigenvalue weighted by Crippen LogP contribution is -1.86. The van der Waals surface area contributed by atoms with Crippen molar-refractivity contribution in [1.82, 2.24) is 0 Å². The van der Waals surface area contributed by atoms with Crippen LogP contribution in [0.25, 0.3) is 76.5 Å². The molecule has 0 aliphatic rings. The molecule has 1 aromatic heterocycles. The quantitative estimate of drug-likeness (QED) is 0.196. The van der Waals surface area contributed by atoms with Crippen molar-refractivity contribution in [2.45, 2.75) is 0 Å². The highest BCUT2D eigenvalue weighted by molar-refractivity contribution is 6.23. The van der Waals surface area contributed by atoms with Crippen LogP contribution in [0.1, 0.15) is 0 Å². The molecular formula is C42H28O. The van der Waals surface area contributed by atoms with Crippen molar-refractivity contribution >= 4 is 54.3 Å². The molecule has 202 valence electrons. The molecule has 1 nitrogen and oxygen atoms in total. The average molecular weight is 549 g/mol. The third-order valence-corrected chi connectivity index (χ3v) is 8.31. The van der Waals surface area contributed by atoms with E-state index in [-0.39, 0.29) is 0 Å². The fourth-order valence-electron chi connectivity index (χ4n) is 6.33. The van der Waals surface area contributed by atoms with Crippen LogP contribution in [0.5, 0.6) is 0 Å². The SMILES string of the molecule is c1ccc(-c2ccccc2)cc1.c1ccc2c(-c3cccc4oc5c6ccccc6ccc5c34)c3ccccc3cc2c1. The molecule has 9 aromatic rings. The van der Waals surface area contributed by atoms with Crippen molar-refractivity contribution in [3.8, 4) is 22.3 Å². The van der Waals surface area contributed by atoms with Gasteiger partial charge < -0.3 is 4.42 Å². The molecule has 43 heavy (non-hydrogen) atoms. The van der Waals surface area contributed by atoms with Crippen LogP contribution in [-0.4, -0.2) is 0 Å². The lowest BCUT2D eigenvalue weighted by Gasteiger charge is -2.13. The van der Waals surface area contributed by atoms with Gasteiger partial charge in [0.25, 0.3) is 0 Å². The fourth-order valence-corrected chi connectivity index (χ4v) is 6.33. The van der Waals surface area contributed by atoms with E-state index >= 15 is 0 Å². The summed E-state index contributed by atoms with van der Waals surface area (Å²) in [5.41, 5.74) is 6.94. The molecule has 0 saturated heterocycles. The number of hydrogen-bond acceptors (Lipinski definition) is 1. The third kappa shape index (κ3) is 4.43. The van der Waals surface area contributed by atoms with Gasteiger partial charge in [0.1, 0.15) is 11.2 Å². The summed E-state index contributed by atoms with van der Waals surface area (Å²) < 4.78 is 6.45. The molecular weight excluding hydrogens is 520 g/mol. The zero-order valence-electron chi connectivity index (χ0n) is 23.6. The van der Waals surface area contributed by atoms with E-state index in [1.165, 1.54) is 60.0 Å². The largest absolute Gasteiger partial charge is 0.455 e. The maximum absolute atomic E-state index is 6.45. The third-order valence-electron chi connectivity index (χ3n) is 8.31. The summed E-state index contributed by atoms with van der Waals surface area (Å²) in [6.07, 6.45) is 0. The van der Waals surface area contributed by atoms with Crippen LogP contribution in [0.4, 0.5) is 0 Å². The van der Waals surface area contributed by atoms with Crippen LogP contribution in [0.2, 0.25) is 0 Å². The molecule has 0 fully saturated rings. The normalized spacial score (nSPS) is 11.3. The number of fused-ring (bicyclic) bond motifs is 7. The molecule has 9 rings (SSSR count). The Morgan fingerprint density at radius 2 is 0.884 bits per heavy atom. The standard InChI is InChI=1S/C30H18O.C12H10/c1-6-13-24-19(8-1)16-17-26-29-25(14-7-15-27(29)31-30(24)26)28-22-11-4-2-9-20(22)18-21-10-3-5-12-23(21)28;1-3-7-11(8-4-1)12-9-5-2-6-10-12/h1-18H;1-10H. The molecule has 0 radical (unpaired) electrons. The summed E-state index contributed by atoms with van der Waals surface area (Å²) in [5.74, 6) is 0. The van der Waals surface area contributed by atoms with Crippen LogP contribution in [-0.2, 0) is 0 Å². The first-order valence-corrected chi connectivity index (χ1v) is 14.7. The van der Waals surface area contributed by atoms with E-state index in [1.54, 1.807) is 0 Å². The number of furan rings is 1. The average Bonchev–Trinajstić information content (AvgIpc) is 3.48. The first-order valence-electron chi connectivity index (χ1n) is 14.7. The van der Waals surface area contributed by atoms with Gasteiger partial charge in [-0.15, -0.1) is 0 Å². The van der Waals surface area contributed by atoms with Crippen LogP contribution in [0.3, 0.4) is 0 Å². The Labute approximate surface area is 250 Å². The minimum Gasteiger partial charge on any atom is -0.455 e.